The van der Waals surface area contributed by atoms with Gasteiger partial charge in [-0.3, -0.25) is 0 Å². The Labute approximate surface area is 129 Å². The van der Waals surface area contributed by atoms with E-state index in [9.17, 15) is 5.11 Å². The van der Waals surface area contributed by atoms with E-state index in [2.05, 4.69) is 25.0 Å². The SMILES string of the molecule is C#C[C@]1(O)CC[C@H]2[C@@H]3CC[C@H]4C=CCC[C@@H]4[C@H]3CC[C@@]21C. The van der Waals surface area contributed by atoms with Gasteiger partial charge in [-0.2, -0.15) is 0 Å². The van der Waals surface area contributed by atoms with E-state index in [1.807, 2.05) is 0 Å². The second-order valence-corrected chi connectivity index (χ2v) is 8.34. The molecule has 21 heavy (non-hydrogen) atoms. The lowest BCUT2D eigenvalue weighted by Crippen LogP contribution is -2.52. The van der Waals surface area contributed by atoms with E-state index >= 15 is 0 Å². The highest BCUT2D eigenvalue weighted by atomic mass is 16.3. The third kappa shape index (κ3) is 1.75. The van der Waals surface area contributed by atoms with Gasteiger partial charge in [0.1, 0.15) is 5.60 Å². The summed E-state index contributed by atoms with van der Waals surface area (Å²) in [5, 5.41) is 10.9. The van der Waals surface area contributed by atoms with Crippen LogP contribution in [0.15, 0.2) is 12.2 Å². The van der Waals surface area contributed by atoms with Gasteiger partial charge in [-0.15, -0.1) is 6.42 Å². The summed E-state index contributed by atoms with van der Waals surface area (Å²) in [6, 6.07) is 0. The minimum atomic E-state index is -0.841. The predicted octanol–water partition coefficient (Wildman–Crippen LogP) is 4.17. The minimum absolute atomic E-state index is 0.0275. The highest BCUT2D eigenvalue weighted by molar-refractivity contribution is 5.23. The number of hydrogen-bond acceptors (Lipinski definition) is 1. The normalized spacial score (nSPS) is 55.2. The van der Waals surface area contributed by atoms with Gasteiger partial charge in [0.2, 0.25) is 0 Å². The number of hydrogen-bond donors (Lipinski definition) is 1. The molecule has 1 nitrogen and oxygen atoms in total. The number of rotatable bonds is 0. The summed E-state index contributed by atoms with van der Waals surface area (Å²) in [5.41, 5.74) is -0.869. The van der Waals surface area contributed by atoms with E-state index in [4.69, 9.17) is 6.42 Å². The van der Waals surface area contributed by atoms with E-state index < -0.39 is 5.60 Å². The summed E-state index contributed by atoms with van der Waals surface area (Å²) in [4.78, 5) is 0. The van der Waals surface area contributed by atoms with Crippen molar-refractivity contribution >= 4 is 0 Å². The molecule has 0 amide bonds. The first-order chi connectivity index (χ1) is 10.1. The van der Waals surface area contributed by atoms with Gasteiger partial charge in [0, 0.05) is 5.41 Å². The molecule has 4 aliphatic carbocycles. The van der Waals surface area contributed by atoms with Gasteiger partial charge in [0.05, 0.1) is 0 Å². The van der Waals surface area contributed by atoms with Crippen molar-refractivity contribution in [2.24, 2.45) is 35.0 Å². The van der Waals surface area contributed by atoms with Gasteiger partial charge >= 0.3 is 0 Å². The average molecular weight is 284 g/mol. The summed E-state index contributed by atoms with van der Waals surface area (Å²) in [5.74, 6) is 6.91. The zero-order valence-electron chi connectivity index (χ0n) is 13.2. The maximum atomic E-state index is 10.9. The Balaban J connectivity index is 1.64. The monoisotopic (exact) mass is 284 g/mol. The van der Waals surface area contributed by atoms with E-state index in [0.717, 1.165) is 42.9 Å². The lowest BCUT2D eigenvalue weighted by Gasteiger charge is -2.55. The fourth-order valence-electron chi connectivity index (χ4n) is 6.66. The van der Waals surface area contributed by atoms with E-state index in [1.165, 1.54) is 32.1 Å². The smallest absolute Gasteiger partial charge is 0.130 e. The molecular formula is C20H28O. The number of allylic oxidation sites excluding steroid dienone is 2. The molecule has 3 saturated carbocycles. The number of aliphatic hydroxyl groups is 1. The largest absolute Gasteiger partial charge is 0.377 e. The van der Waals surface area contributed by atoms with Crippen molar-refractivity contribution in [2.75, 3.05) is 0 Å². The van der Waals surface area contributed by atoms with Crippen LogP contribution in [0.25, 0.3) is 0 Å². The Kier molecular flexibility index (Phi) is 3.06. The van der Waals surface area contributed by atoms with Crippen LogP contribution < -0.4 is 0 Å². The molecule has 0 heterocycles. The molecular weight excluding hydrogens is 256 g/mol. The molecule has 0 bridgehead atoms. The van der Waals surface area contributed by atoms with Crippen LogP contribution in [0, 0.1) is 47.3 Å². The van der Waals surface area contributed by atoms with Crippen molar-refractivity contribution in [1.82, 2.24) is 0 Å². The lowest BCUT2D eigenvalue weighted by atomic mass is 9.50. The van der Waals surface area contributed by atoms with Crippen LogP contribution in [0.1, 0.15) is 58.3 Å². The molecule has 4 rings (SSSR count). The molecule has 0 unspecified atom stereocenters. The molecule has 0 aromatic carbocycles. The zero-order chi connectivity index (χ0) is 14.7. The molecule has 0 radical (unpaired) electrons. The van der Waals surface area contributed by atoms with Gasteiger partial charge in [0.25, 0.3) is 0 Å². The van der Waals surface area contributed by atoms with Crippen LogP contribution >= 0.6 is 0 Å². The highest BCUT2D eigenvalue weighted by Gasteiger charge is 2.61. The van der Waals surface area contributed by atoms with Crippen molar-refractivity contribution in [2.45, 2.75) is 63.9 Å². The summed E-state index contributed by atoms with van der Waals surface area (Å²) in [7, 11) is 0. The first-order valence-electron chi connectivity index (χ1n) is 8.96. The van der Waals surface area contributed by atoms with Gasteiger partial charge in [-0.25, -0.2) is 0 Å². The Hall–Kier alpha value is -0.740. The highest BCUT2D eigenvalue weighted by Crippen LogP contribution is 2.64. The zero-order valence-corrected chi connectivity index (χ0v) is 13.2. The van der Waals surface area contributed by atoms with E-state index in [0.29, 0.717) is 5.92 Å². The molecule has 1 N–H and O–H groups in total. The fourth-order valence-corrected chi connectivity index (χ4v) is 6.66. The maximum Gasteiger partial charge on any atom is 0.130 e. The lowest BCUT2D eigenvalue weighted by molar-refractivity contribution is -0.0975. The van der Waals surface area contributed by atoms with Gasteiger partial charge in [-0.05, 0) is 81.0 Å². The van der Waals surface area contributed by atoms with Crippen LogP contribution in [0.2, 0.25) is 0 Å². The maximum absolute atomic E-state index is 10.9. The third-order valence-corrected chi connectivity index (χ3v) is 7.87. The van der Waals surface area contributed by atoms with Crippen molar-refractivity contribution in [1.29, 1.82) is 0 Å². The molecule has 3 fully saturated rings. The fraction of sp³-hybridized carbons (Fsp3) is 0.800. The van der Waals surface area contributed by atoms with Crippen LogP contribution in [-0.4, -0.2) is 10.7 Å². The van der Waals surface area contributed by atoms with Gasteiger partial charge < -0.3 is 5.11 Å². The summed E-state index contributed by atoms with van der Waals surface area (Å²) in [6.07, 6.45) is 20.4. The molecule has 0 aromatic rings. The topological polar surface area (TPSA) is 20.2 Å². The van der Waals surface area contributed by atoms with Gasteiger partial charge in [0.15, 0.2) is 0 Å². The van der Waals surface area contributed by atoms with Crippen LogP contribution in [0.4, 0.5) is 0 Å². The van der Waals surface area contributed by atoms with Crippen molar-refractivity contribution < 1.29 is 5.11 Å². The Morgan fingerprint density at radius 3 is 2.71 bits per heavy atom. The third-order valence-electron chi connectivity index (χ3n) is 7.87. The average Bonchev–Trinajstić information content (AvgIpc) is 2.79. The van der Waals surface area contributed by atoms with Gasteiger partial charge in [-0.1, -0.05) is 25.0 Å². The molecule has 114 valence electrons. The van der Waals surface area contributed by atoms with E-state index in [-0.39, 0.29) is 5.41 Å². The molecule has 0 aromatic heterocycles. The molecule has 0 spiro atoms. The molecule has 1 heteroatoms. The standard InChI is InChI=1S/C20H28O/c1-3-20(21)13-11-18-17-9-8-14-6-4-5-7-15(14)16(17)10-12-19(18,20)2/h1,4,6,14-18,21H,5,7-13H2,2H3/t14-,15+,16-,17-,18+,19+,20+/m1/s1. The molecule has 4 aliphatic rings. The van der Waals surface area contributed by atoms with Crippen LogP contribution in [-0.2, 0) is 0 Å². The Morgan fingerprint density at radius 1 is 1.05 bits per heavy atom. The number of fused-ring (bicyclic) bond motifs is 5. The van der Waals surface area contributed by atoms with Crippen molar-refractivity contribution in [3.63, 3.8) is 0 Å². The second-order valence-electron chi connectivity index (χ2n) is 8.34. The Bertz CT molecular complexity index is 500. The summed E-state index contributed by atoms with van der Waals surface area (Å²) < 4.78 is 0. The van der Waals surface area contributed by atoms with Crippen LogP contribution in [0.3, 0.4) is 0 Å². The second kappa shape index (κ2) is 4.63. The van der Waals surface area contributed by atoms with Crippen molar-refractivity contribution in [3.8, 4) is 12.3 Å². The first kappa shape index (κ1) is 13.9. The van der Waals surface area contributed by atoms with Crippen LogP contribution in [0.5, 0.6) is 0 Å². The molecule has 0 saturated heterocycles. The van der Waals surface area contributed by atoms with Crippen molar-refractivity contribution in [3.05, 3.63) is 12.2 Å². The first-order valence-corrected chi connectivity index (χ1v) is 8.96. The van der Waals surface area contributed by atoms with E-state index in [1.54, 1.807) is 0 Å². The predicted molar refractivity (Wildman–Crippen MR) is 85.4 cm³/mol. The molecule has 7 atom stereocenters. The quantitative estimate of drug-likeness (QED) is 0.523. The molecule has 0 aliphatic heterocycles. The number of terminal acetylenes is 1. The minimum Gasteiger partial charge on any atom is -0.377 e. The summed E-state index contributed by atoms with van der Waals surface area (Å²) in [6.45, 7) is 2.29. The Morgan fingerprint density at radius 2 is 1.90 bits per heavy atom. The summed E-state index contributed by atoms with van der Waals surface area (Å²) >= 11 is 0.